The van der Waals surface area contributed by atoms with Gasteiger partial charge in [0.05, 0.1) is 23.5 Å². The smallest absolute Gasteiger partial charge is 0.303 e. The third-order valence-corrected chi connectivity index (χ3v) is 5.97. The Labute approximate surface area is 155 Å². The number of aliphatic carboxylic acids is 1. The number of carbonyl (C=O) groups is 2. The molecule has 0 radical (unpaired) electrons. The maximum atomic E-state index is 12.5. The normalized spacial score (nSPS) is 18.8. The second kappa shape index (κ2) is 6.36. The molecule has 3 heterocycles. The maximum Gasteiger partial charge on any atom is 0.303 e. The number of H-pyrrole nitrogens is 1. The second-order valence-corrected chi connectivity index (χ2v) is 7.92. The third kappa shape index (κ3) is 3.15. The molecule has 0 aliphatic carbocycles. The van der Waals surface area contributed by atoms with Crippen molar-refractivity contribution in [2.24, 2.45) is 0 Å². The lowest BCUT2D eigenvalue weighted by Gasteiger charge is -2.19. The molecule has 0 bridgehead atoms. The fourth-order valence-corrected chi connectivity index (χ4v) is 4.54. The number of carboxylic acids is 1. The van der Waals surface area contributed by atoms with E-state index in [1.165, 1.54) is 6.07 Å². The Bertz CT molecular complexity index is 1100. The van der Waals surface area contributed by atoms with Gasteiger partial charge >= 0.3 is 5.97 Å². The Kier molecular flexibility index (Phi) is 4.12. The molecule has 1 amide bonds. The van der Waals surface area contributed by atoms with Crippen molar-refractivity contribution < 1.29 is 27.3 Å². The van der Waals surface area contributed by atoms with Crippen LogP contribution >= 0.6 is 0 Å². The molecule has 3 N–H and O–H groups in total. The average molecular weight is 388 g/mol. The number of carboxylic acid groups (broad SMARTS) is 1. The van der Waals surface area contributed by atoms with Gasteiger partial charge in [-0.25, -0.2) is 0 Å². The van der Waals surface area contributed by atoms with Crippen LogP contribution < -0.4 is 5.32 Å². The molecule has 2 aliphatic heterocycles. The molecular formula is C18H16N2O6S. The number of aryl methyl sites for hydroxylation is 1. The first-order chi connectivity index (χ1) is 12.8. The molecule has 0 fully saturated rings. The number of amides is 1. The van der Waals surface area contributed by atoms with Gasteiger partial charge < -0.3 is 15.4 Å². The number of rotatable bonds is 4. The summed E-state index contributed by atoms with van der Waals surface area (Å²) in [6.45, 7) is 0.0368. The lowest BCUT2D eigenvalue weighted by Crippen LogP contribution is -2.19. The molecule has 1 aromatic carbocycles. The zero-order valence-electron chi connectivity index (χ0n) is 14.1. The Hall–Kier alpha value is -2.91. The van der Waals surface area contributed by atoms with Gasteiger partial charge in [-0.3, -0.25) is 13.8 Å². The highest BCUT2D eigenvalue weighted by molar-refractivity contribution is 7.86. The number of anilines is 1. The third-order valence-electron chi connectivity index (χ3n) is 4.57. The van der Waals surface area contributed by atoms with E-state index in [2.05, 4.69) is 10.3 Å². The van der Waals surface area contributed by atoms with Gasteiger partial charge in [0.2, 0.25) is 0 Å². The Morgan fingerprint density at radius 2 is 2.07 bits per heavy atom. The molecule has 140 valence electrons. The van der Waals surface area contributed by atoms with Crippen LogP contribution in [0, 0.1) is 0 Å². The highest BCUT2D eigenvalue weighted by Gasteiger charge is 2.34. The van der Waals surface area contributed by atoms with E-state index in [0.717, 1.165) is 5.69 Å². The van der Waals surface area contributed by atoms with Crippen molar-refractivity contribution in [3.63, 3.8) is 0 Å². The zero-order valence-corrected chi connectivity index (χ0v) is 14.9. The van der Waals surface area contributed by atoms with E-state index in [1.807, 2.05) is 0 Å². The summed E-state index contributed by atoms with van der Waals surface area (Å²) in [5.41, 5.74) is 3.47. The zero-order chi connectivity index (χ0) is 19.2. The SMILES string of the molecule is O=C(O)CCc1ccc(/C=C2\C(=O)Nc3ccc4c(c32)CCOS4(=O)=O)[nH]1. The number of benzene rings is 1. The lowest BCUT2D eigenvalue weighted by atomic mass is 9.97. The van der Waals surface area contributed by atoms with Crippen LogP contribution in [-0.2, 0) is 36.7 Å². The highest BCUT2D eigenvalue weighted by Crippen LogP contribution is 2.40. The molecule has 0 saturated heterocycles. The van der Waals surface area contributed by atoms with E-state index >= 15 is 0 Å². The molecule has 9 heteroatoms. The topological polar surface area (TPSA) is 126 Å². The van der Waals surface area contributed by atoms with E-state index in [0.29, 0.717) is 40.9 Å². The van der Waals surface area contributed by atoms with Gasteiger partial charge in [0, 0.05) is 22.6 Å². The molecule has 27 heavy (non-hydrogen) atoms. The summed E-state index contributed by atoms with van der Waals surface area (Å²) in [5, 5.41) is 11.5. The number of aromatic nitrogens is 1. The Morgan fingerprint density at radius 1 is 1.26 bits per heavy atom. The first kappa shape index (κ1) is 17.5. The highest BCUT2D eigenvalue weighted by atomic mass is 32.2. The van der Waals surface area contributed by atoms with Gasteiger partial charge in [-0.1, -0.05) is 0 Å². The standard InChI is InChI=1S/C18H16N2O6S/c21-16(22)6-3-10-1-2-11(19-10)9-13-17-12-7-8-26-27(24,25)15(12)5-4-14(17)20-18(13)23/h1-2,4-5,9,19H,3,6-8H2,(H,20,23)(H,21,22)/b13-9-. The molecule has 0 atom stereocenters. The van der Waals surface area contributed by atoms with Gasteiger partial charge in [0.25, 0.3) is 16.0 Å². The van der Waals surface area contributed by atoms with Gasteiger partial charge in [0.1, 0.15) is 0 Å². The summed E-state index contributed by atoms with van der Waals surface area (Å²) in [5.74, 6) is -1.20. The van der Waals surface area contributed by atoms with E-state index in [9.17, 15) is 18.0 Å². The van der Waals surface area contributed by atoms with Crippen LogP contribution in [-0.4, -0.2) is 37.0 Å². The molecule has 0 saturated carbocycles. The van der Waals surface area contributed by atoms with E-state index in [1.54, 1.807) is 24.3 Å². The summed E-state index contributed by atoms with van der Waals surface area (Å²) < 4.78 is 29.2. The first-order valence-corrected chi connectivity index (χ1v) is 9.74. The summed E-state index contributed by atoms with van der Waals surface area (Å²) in [7, 11) is -3.82. The second-order valence-electron chi connectivity index (χ2n) is 6.34. The van der Waals surface area contributed by atoms with E-state index < -0.39 is 16.1 Å². The van der Waals surface area contributed by atoms with Crippen LogP contribution in [0.25, 0.3) is 11.6 Å². The molecule has 8 nitrogen and oxygen atoms in total. The van der Waals surface area contributed by atoms with Crippen molar-refractivity contribution in [1.82, 2.24) is 4.98 Å². The number of hydrogen-bond donors (Lipinski definition) is 3. The van der Waals surface area contributed by atoms with E-state index in [4.69, 9.17) is 9.29 Å². The monoisotopic (exact) mass is 388 g/mol. The minimum absolute atomic E-state index is 0.00517. The Balaban J connectivity index is 1.75. The van der Waals surface area contributed by atoms with Crippen LogP contribution in [0.4, 0.5) is 5.69 Å². The van der Waals surface area contributed by atoms with Crippen molar-refractivity contribution >= 4 is 39.3 Å². The van der Waals surface area contributed by atoms with Gasteiger partial charge in [-0.05, 0) is 48.7 Å². The minimum Gasteiger partial charge on any atom is -0.481 e. The number of hydrogen-bond acceptors (Lipinski definition) is 5. The summed E-state index contributed by atoms with van der Waals surface area (Å²) >= 11 is 0. The minimum atomic E-state index is -3.82. The van der Waals surface area contributed by atoms with E-state index in [-0.39, 0.29) is 23.8 Å². The van der Waals surface area contributed by atoms with Gasteiger partial charge in [0.15, 0.2) is 0 Å². The number of nitrogens with one attached hydrogen (secondary N) is 2. The van der Waals surface area contributed by atoms with Crippen molar-refractivity contribution in [2.75, 3.05) is 11.9 Å². The van der Waals surface area contributed by atoms with Crippen molar-refractivity contribution in [1.29, 1.82) is 0 Å². The van der Waals surface area contributed by atoms with Crippen molar-refractivity contribution in [2.45, 2.75) is 24.2 Å². The van der Waals surface area contributed by atoms with Crippen molar-refractivity contribution in [3.8, 4) is 0 Å². The number of fused-ring (bicyclic) bond motifs is 3. The fourth-order valence-electron chi connectivity index (χ4n) is 3.37. The molecule has 4 rings (SSSR count). The maximum absolute atomic E-state index is 12.5. The predicted octanol–water partition coefficient (Wildman–Crippen LogP) is 1.79. The summed E-state index contributed by atoms with van der Waals surface area (Å²) in [4.78, 5) is 26.3. The summed E-state index contributed by atoms with van der Waals surface area (Å²) in [6, 6.07) is 6.53. The predicted molar refractivity (Wildman–Crippen MR) is 96.5 cm³/mol. The molecule has 1 aromatic heterocycles. The fraction of sp³-hybridized carbons (Fsp3) is 0.222. The van der Waals surface area contributed by atoms with Crippen LogP contribution in [0.15, 0.2) is 29.2 Å². The van der Waals surface area contributed by atoms with Crippen LogP contribution in [0.2, 0.25) is 0 Å². The first-order valence-electron chi connectivity index (χ1n) is 8.33. The number of aromatic amines is 1. The van der Waals surface area contributed by atoms with Crippen LogP contribution in [0.5, 0.6) is 0 Å². The molecule has 0 unspecified atom stereocenters. The average Bonchev–Trinajstić information content (AvgIpc) is 3.17. The van der Waals surface area contributed by atoms with Crippen molar-refractivity contribution in [3.05, 3.63) is 46.8 Å². The Morgan fingerprint density at radius 3 is 2.85 bits per heavy atom. The van der Waals surface area contributed by atoms with Crippen LogP contribution in [0.1, 0.15) is 28.9 Å². The lowest BCUT2D eigenvalue weighted by molar-refractivity contribution is -0.137. The summed E-state index contributed by atoms with van der Waals surface area (Å²) in [6.07, 6.45) is 2.39. The largest absolute Gasteiger partial charge is 0.481 e. The van der Waals surface area contributed by atoms with Crippen LogP contribution in [0.3, 0.4) is 0 Å². The molecule has 0 spiro atoms. The molecule has 2 aromatic rings. The quantitative estimate of drug-likeness (QED) is 0.542. The van der Waals surface area contributed by atoms with Gasteiger partial charge in [-0.15, -0.1) is 0 Å². The number of carbonyl (C=O) groups excluding carboxylic acids is 1. The van der Waals surface area contributed by atoms with Gasteiger partial charge in [-0.2, -0.15) is 8.42 Å². The molecule has 2 aliphatic rings. The molecular weight excluding hydrogens is 372 g/mol.